The second kappa shape index (κ2) is 5.50. The molecule has 2 aromatic rings. The van der Waals surface area contributed by atoms with Gasteiger partial charge in [0.15, 0.2) is 0 Å². The third-order valence-corrected chi connectivity index (χ3v) is 3.64. The maximum atomic E-state index is 12.4. The van der Waals surface area contributed by atoms with Crippen molar-refractivity contribution in [2.75, 3.05) is 7.11 Å². The lowest BCUT2D eigenvalue weighted by atomic mass is 9.97. The number of benzene rings is 2. The van der Waals surface area contributed by atoms with Gasteiger partial charge in [0, 0.05) is 26.3 Å². The minimum Gasteiger partial charge on any atom is -0.508 e. The Morgan fingerprint density at radius 3 is 2.61 bits per heavy atom. The van der Waals surface area contributed by atoms with Gasteiger partial charge in [0.05, 0.1) is 7.11 Å². The van der Waals surface area contributed by atoms with Crippen molar-refractivity contribution < 1.29 is 24.1 Å². The number of aromatic hydroxyl groups is 1. The van der Waals surface area contributed by atoms with Gasteiger partial charge in [0.2, 0.25) is 5.79 Å². The molecule has 1 N–H and O–H groups in total. The molecular formula is C18H18O5. The topological polar surface area (TPSA) is 65.0 Å². The van der Waals surface area contributed by atoms with Gasteiger partial charge in [-0.3, -0.25) is 0 Å². The first kappa shape index (κ1) is 15.2. The summed E-state index contributed by atoms with van der Waals surface area (Å²) < 4.78 is 16.3. The smallest absolute Gasteiger partial charge is 0.345 e. The first-order chi connectivity index (χ1) is 10.9. The summed E-state index contributed by atoms with van der Waals surface area (Å²) in [6.45, 7) is 3.30. The molecule has 1 aliphatic heterocycles. The molecule has 0 unspecified atom stereocenters. The molecule has 0 spiro atoms. The Hall–Kier alpha value is -2.69. The normalized spacial score (nSPS) is 15.3. The van der Waals surface area contributed by atoms with Gasteiger partial charge in [-0.2, -0.15) is 0 Å². The number of phenolic OH excluding ortho intramolecular Hbond substituents is 1. The van der Waals surface area contributed by atoms with Crippen LogP contribution in [-0.2, 0) is 11.2 Å². The summed E-state index contributed by atoms with van der Waals surface area (Å²) in [6.07, 6.45) is 0.416. The van der Waals surface area contributed by atoms with Crippen LogP contribution in [0.2, 0.25) is 0 Å². The highest BCUT2D eigenvalue weighted by Crippen LogP contribution is 2.37. The molecule has 1 heterocycles. The zero-order chi connectivity index (χ0) is 16.6. The van der Waals surface area contributed by atoms with Crippen molar-refractivity contribution >= 4 is 5.97 Å². The molecule has 0 saturated heterocycles. The summed E-state index contributed by atoms with van der Waals surface area (Å²) in [7, 11) is 1.59. The van der Waals surface area contributed by atoms with Crippen LogP contribution in [0, 0.1) is 0 Å². The SMILES string of the molecule is COc1ccccc1Cc1cc(O)cc2c1C(=O)OC(C)(C)O2. The van der Waals surface area contributed by atoms with E-state index in [9.17, 15) is 9.90 Å². The van der Waals surface area contributed by atoms with E-state index >= 15 is 0 Å². The minimum atomic E-state index is -1.06. The highest BCUT2D eigenvalue weighted by Gasteiger charge is 2.36. The lowest BCUT2D eigenvalue weighted by Gasteiger charge is -2.32. The van der Waals surface area contributed by atoms with Crippen LogP contribution in [0.15, 0.2) is 36.4 Å². The van der Waals surface area contributed by atoms with Crippen molar-refractivity contribution in [3.8, 4) is 17.2 Å². The Morgan fingerprint density at radius 1 is 1.13 bits per heavy atom. The Labute approximate surface area is 134 Å². The average Bonchev–Trinajstić information content (AvgIpc) is 2.45. The van der Waals surface area contributed by atoms with Crippen LogP contribution < -0.4 is 9.47 Å². The van der Waals surface area contributed by atoms with Crippen LogP contribution in [0.1, 0.15) is 35.3 Å². The van der Waals surface area contributed by atoms with Crippen LogP contribution in [0.25, 0.3) is 0 Å². The number of esters is 1. The van der Waals surface area contributed by atoms with Crippen molar-refractivity contribution in [2.45, 2.75) is 26.1 Å². The molecule has 0 radical (unpaired) electrons. The summed E-state index contributed by atoms with van der Waals surface area (Å²) >= 11 is 0. The molecule has 0 saturated carbocycles. The average molecular weight is 314 g/mol. The largest absolute Gasteiger partial charge is 0.508 e. The molecule has 0 amide bonds. The van der Waals surface area contributed by atoms with Crippen LogP contribution in [-0.4, -0.2) is 24.0 Å². The molecule has 0 bridgehead atoms. The lowest BCUT2D eigenvalue weighted by Crippen LogP contribution is -2.39. The lowest BCUT2D eigenvalue weighted by molar-refractivity contribution is -0.127. The summed E-state index contributed by atoms with van der Waals surface area (Å²) in [5.74, 6) is -0.425. The van der Waals surface area contributed by atoms with Gasteiger partial charge in [-0.1, -0.05) is 18.2 Å². The Balaban J connectivity index is 2.07. The number of phenols is 1. The van der Waals surface area contributed by atoms with Gasteiger partial charge in [0.1, 0.15) is 22.8 Å². The molecular weight excluding hydrogens is 296 g/mol. The number of carbonyl (C=O) groups excluding carboxylic acids is 1. The number of carbonyl (C=O) groups is 1. The molecule has 5 nitrogen and oxygen atoms in total. The van der Waals surface area contributed by atoms with Crippen LogP contribution in [0.5, 0.6) is 17.2 Å². The molecule has 1 aliphatic rings. The fraction of sp³-hybridized carbons (Fsp3) is 0.278. The summed E-state index contributed by atoms with van der Waals surface area (Å²) in [6, 6.07) is 10.5. The van der Waals surface area contributed by atoms with E-state index in [4.69, 9.17) is 14.2 Å². The first-order valence-electron chi connectivity index (χ1n) is 7.30. The minimum absolute atomic E-state index is 0.0409. The van der Waals surface area contributed by atoms with Crippen molar-refractivity contribution in [3.63, 3.8) is 0 Å². The van der Waals surface area contributed by atoms with E-state index in [0.29, 0.717) is 23.3 Å². The Bertz CT molecular complexity index is 764. The fourth-order valence-electron chi connectivity index (χ4n) is 2.72. The van der Waals surface area contributed by atoms with Gasteiger partial charge in [-0.05, 0) is 23.3 Å². The molecule has 0 aliphatic carbocycles. The van der Waals surface area contributed by atoms with E-state index in [-0.39, 0.29) is 5.75 Å². The number of para-hydroxylation sites is 1. The van der Waals surface area contributed by atoms with Gasteiger partial charge in [0.25, 0.3) is 0 Å². The second-order valence-corrected chi connectivity index (χ2v) is 5.86. The van der Waals surface area contributed by atoms with E-state index in [1.165, 1.54) is 6.07 Å². The maximum Gasteiger partial charge on any atom is 0.345 e. The van der Waals surface area contributed by atoms with E-state index in [0.717, 1.165) is 11.3 Å². The first-order valence-corrected chi connectivity index (χ1v) is 7.30. The summed E-state index contributed by atoms with van der Waals surface area (Å²) in [5, 5.41) is 9.97. The number of hydrogen-bond donors (Lipinski definition) is 1. The monoisotopic (exact) mass is 314 g/mol. The van der Waals surface area contributed by atoms with Gasteiger partial charge in [-0.25, -0.2) is 4.79 Å². The van der Waals surface area contributed by atoms with E-state index in [1.807, 2.05) is 24.3 Å². The number of ether oxygens (including phenoxy) is 3. The quantitative estimate of drug-likeness (QED) is 0.881. The second-order valence-electron chi connectivity index (χ2n) is 5.86. The Kier molecular flexibility index (Phi) is 3.64. The fourth-order valence-corrected chi connectivity index (χ4v) is 2.72. The number of cyclic esters (lactones) is 1. The summed E-state index contributed by atoms with van der Waals surface area (Å²) in [4.78, 5) is 12.4. The highest BCUT2D eigenvalue weighted by molar-refractivity contribution is 5.95. The highest BCUT2D eigenvalue weighted by atomic mass is 16.7. The standard InChI is InChI=1S/C18H18O5/c1-18(2)22-15-10-13(19)9-12(16(15)17(20)23-18)8-11-6-4-5-7-14(11)21-3/h4-7,9-10,19H,8H2,1-3H3. The summed E-state index contributed by atoms with van der Waals surface area (Å²) in [5.41, 5.74) is 1.87. The van der Waals surface area contributed by atoms with Gasteiger partial charge in [-0.15, -0.1) is 0 Å². The zero-order valence-corrected chi connectivity index (χ0v) is 13.3. The van der Waals surface area contributed by atoms with E-state index < -0.39 is 11.8 Å². The van der Waals surface area contributed by atoms with E-state index in [1.54, 1.807) is 27.0 Å². The predicted octanol–water partition coefficient (Wildman–Crippen LogP) is 3.28. The van der Waals surface area contributed by atoms with Crippen molar-refractivity contribution in [2.24, 2.45) is 0 Å². The number of methoxy groups -OCH3 is 1. The number of rotatable bonds is 3. The third kappa shape index (κ3) is 2.95. The zero-order valence-electron chi connectivity index (χ0n) is 13.3. The van der Waals surface area contributed by atoms with Gasteiger partial charge >= 0.3 is 5.97 Å². The Morgan fingerprint density at radius 2 is 1.87 bits per heavy atom. The van der Waals surface area contributed by atoms with Crippen LogP contribution in [0.3, 0.4) is 0 Å². The third-order valence-electron chi connectivity index (χ3n) is 3.64. The maximum absolute atomic E-state index is 12.4. The van der Waals surface area contributed by atoms with Crippen LogP contribution >= 0.6 is 0 Å². The van der Waals surface area contributed by atoms with Crippen molar-refractivity contribution in [3.05, 3.63) is 53.1 Å². The number of fused-ring (bicyclic) bond motifs is 1. The molecule has 0 atom stereocenters. The molecule has 23 heavy (non-hydrogen) atoms. The van der Waals surface area contributed by atoms with Crippen molar-refractivity contribution in [1.82, 2.24) is 0 Å². The number of hydrogen-bond acceptors (Lipinski definition) is 5. The molecule has 0 aromatic heterocycles. The van der Waals surface area contributed by atoms with E-state index in [2.05, 4.69) is 0 Å². The molecule has 2 aromatic carbocycles. The predicted molar refractivity (Wildman–Crippen MR) is 84.0 cm³/mol. The molecule has 120 valence electrons. The molecule has 3 rings (SSSR count). The van der Waals surface area contributed by atoms with Crippen LogP contribution in [0.4, 0.5) is 0 Å². The molecule has 0 fully saturated rings. The van der Waals surface area contributed by atoms with Crippen molar-refractivity contribution in [1.29, 1.82) is 0 Å². The molecule has 5 heteroatoms. The van der Waals surface area contributed by atoms with Gasteiger partial charge < -0.3 is 19.3 Å².